The molecule has 1 N–H and O–H groups in total. The van der Waals surface area contributed by atoms with Gasteiger partial charge in [-0.05, 0) is 30.7 Å². The van der Waals surface area contributed by atoms with Gasteiger partial charge in [0.25, 0.3) is 5.91 Å². The molecule has 3 heterocycles. The molecule has 0 radical (unpaired) electrons. The van der Waals surface area contributed by atoms with Crippen molar-refractivity contribution in [1.29, 1.82) is 0 Å². The number of amides is 1. The Hall–Kier alpha value is -2.83. The van der Waals surface area contributed by atoms with Crippen molar-refractivity contribution in [3.63, 3.8) is 0 Å². The Morgan fingerprint density at radius 3 is 2.83 bits per heavy atom. The van der Waals surface area contributed by atoms with Gasteiger partial charge in [-0.15, -0.1) is 0 Å². The summed E-state index contributed by atoms with van der Waals surface area (Å²) < 4.78 is 17.3. The predicted molar refractivity (Wildman–Crippen MR) is 110 cm³/mol. The first-order valence-electron chi connectivity index (χ1n) is 10.1. The van der Waals surface area contributed by atoms with E-state index in [1.54, 1.807) is 0 Å². The molecule has 29 heavy (non-hydrogen) atoms. The lowest BCUT2D eigenvalue weighted by Gasteiger charge is -2.26. The Morgan fingerprint density at radius 1 is 1.07 bits per heavy atom. The van der Waals surface area contributed by atoms with Gasteiger partial charge in [0, 0.05) is 42.0 Å². The molecule has 0 spiro atoms. The third-order valence-corrected chi connectivity index (χ3v) is 5.58. The average molecular weight is 392 g/mol. The molecule has 0 bridgehead atoms. The molecule has 0 atom stereocenters. The number of benzene rings is 2. The zero-order valence-corrected chi connectivity index (χ0v) is 16.3. The smallest absolute Gasteiger partial charge is 0.260 e. The maximum atomic E-state index is 12.5. The minimum atomic E-state index is -0.113. The van der Waals surface area contributed by atoms with Crippen LogP contribution in [0.3, 0.4) is 0 Å². The summed E-state index contributed by atoms with van der Waals surface area (Å²) in [5.41, 5.74) is 4.35. The molecule has 6 nitrogen and oxygen atoms in total. The minimum Gasteiger partial charge on any atom is -0.494 e. The van der Waals surface area contributed by atoms with Crippen molar-refractivity contribution in [3.8, 4) is 5.75 Å². The van der Waals surface area contributed by atoms with Gasteiger partial charge >= 0.3 is 0 Å². The monoisotopic (exact) mass is 392 g/mol. The predicted octanol–water partition coefficient (Wildman–Crippen LogP) is 3.14. The molecule has 0 aliphatic carbocycles. The molecular weight excluding hydrogens is 368 g/mol. The van der Waals surface area contributed by atoms with Crippen LogP contribution < -0.4 is 10.1 Å². The third-order valence-electron chi connectivity index (χ3n) is 5.58. The van der Waals surface area contributed by atoms with Crippen LogP contribution in [0.15, 0.2) is 42.5 Å². The Balaban J connectivity index is 1.28. The van der Waals surface area contributed by atoms with E-state index in [-0.39, 0.29) is 5.91 Å². The van der Waals surface area contributed by atoms with Gasteiger partial charge in [-0.3, -0.25) is 9.69 Å². The Morgan fingerprint density at radius 2 is 1.93 bits per heavy atom. The van der Waals surface area contributed by atoms with Crippen LogP contribution in [0.2, 0.25) is 0 Å². The highest BCUT2D eigenvalue weighted by atomic mass is 16.5. The fraction of sp³-hybridized carbons (Fsp3) is 0.348. The number of nitrogens with one attached hydrogen (secondary N) is 1. The second-order valence-electron chi connectivity index (χ2n) is 7.47. The van der Waals surface area contributed by atoms with Crippen LogP contribution in [-0.2, 0) is 20.9 Å². The highest BCUT2D eigenvalue weighted by Gasteiger charge is 2.32. The molecule has 3 aliphatic heterocycles. The maximum absolute atomic E-state index is 12.5. The molecule has 2 aromatic rings. The summed E-state index contributed by atoms with van der Waals surface area (Å²) >= 11 is 0. The first-order valence-corrected chi connectivity index (χ1v) is 10.1. The highest BCUT2D eigenvalue weighted by Crippen LogP contribution is 2.42. The van der Waals surface area contributed by atoms with Crippen LogP contribution in [-0.4, -0.2) is 50.3 Å². The van der Waals surface area contributed by atoms with Crippen LogP contribution in [0.4, 0.5) is 5.69 Å². The molecule has 0 aromatic heterocycles. The van der Waals surface area contributed by atoms with Crippen LogP contribution in [0.25, 0.3) is 11.3 Å². The Bertz CT molecular complexity index is 963. The largest absolute Gasteiger partial charge is 0.494 e. The zero-order valence-electron chi connectivity index (χ0n) is 16.3. The molecule has 5 rings (SSSR count). The minimum absolute atomic E-state index is 0.113. The molecule has 0 saturated carbocycles. The van der Waals surface area contributed by atoms with Crippen LogP contribution >= 0.6 is 0 Å². The summed E-state index contributed by atoms with van der Waals surface area (Å²) in [4.78, 5) is 14.9. The fourth-order valence-electron chi connectivity index (χ4n) is 4.08. The number of rotatable bonds is 5. The van der Waals surface area contributed by atoms with Gasteiger partial charge in [0.2, 0.25) is 0 Å². The van der Waals surface area contributed by atoms with E-state index in [0.29, 0.717) is 24.5 Å². The summed E-state index contributed by atoms with van der Waals surface area (Å²) in [7, 11) is 0. The fourth-order valence-corrected chi connectivity index (χ4v) is 4.08. The van der Waals surface area contributed by atoms with E-state index < -0.39 is 0 Å². The molecule has 0 unspecified atom stereocenters. The number of fused-ring (bicyclic) bond motifs is 2. The summed E-state index contributed by atoms with van der Waals surface area (Å²) in [5.74, 6) is 1.38. The molecule has 6 heteroatoms. The van der Waals surface area contributed by atoms with E-state index in [1.165, 1.54) is 0 Å². The molecule has 1 amide bonds. The first kappa shape index (κ1) is 18.2. The van der Waals surface area contributed by atoms with Gasteiger partial charge in [0.1, 0.15) is 18.1 Å². The van der Waals surface area contributed by atoms with Gasteiger partial charge in [0.15, 0.2) is 0 Å². The van der Waals surface area contributed by atoms with Crippen LogP contribution in [0.5, 0.6) is 5.75 Å². The summed E-state index contributed by atoms with van der Waals surface area (Å²) in [6.07, 6.45) is 0.986. The lowest BCUT2D eigenvalue weighted by atomic mass is 10.0. The van der Waals surface area contributed by atoms with Crippen molar-refractivity contribution in [3.05, 3.63) is 59.2 Å². The molecule has 2 aromatic carbocycles. The van der Waals surface area contributed by atoms with Gasteiger partial charge in [0.05, 0.1) is 25.4 Å². The van der Waals surface area contributed by atoms with Crippen molar-refractivity contribution in [2.24, 2.45) is 0 Å². The maximum Gasteiger partial charge on any atom is 0.260 e. The van der Waals surface area contributed by atoms with E-state index in [2.05, 4.69) is 10.2 Å². The standard InChI is InChI=1S/C23H24N2O4/c26-23-21(19-4-1-2-5-20(19)24-23)22-18-7-6-17(14-16(18)15-29-22)28-11-3-8-25-9-12-27-13-10-25/h1-2,4-7,14H,3,8-13,15H2,(H,24,26)/b22-21+. The first-order chi connectivity index (χ1) is 14.3. The molecule has 150 valence electrons. The number of hydrogen-bond donors (Lipinski definition) is 1. The van der Waals surface area contributed by atoms with Crippen molar-refractivity contribution in [2.75, 3.05) is 44.8 Å². The number of para-hydroxylation sites is 1. The number of morpholine rings is 1. The molecule has 1 saturated heterocycles. The summed E-state index contributed by atoms with van der Waals surface area (Å²) in [6, 6.07) is 13.7. The van der Waals surface area contributed by atoms with Crippen LogP contribution in [0, 0.1) is 0 Å². The average Bonchev–Trinajstić information content (AvgIpc) is 3.31. The SMILES string of the molecule is O=C1Nc2ccccc2/C1=C1\OCc2cc(OCCCN3CCOCC3)ccc21. The van der Waals surface area contributed by atoms with Gasteiger partial charge < -0.3 is 19.5 Å². The van der Waals surface area contributed by atoms with Gasteiger partial charge in [-0.1, -0.05) is 18.2 Å². The topological polar surface area (TPSA) is 60.0 Å². The van der Waals surface area contributed by atoms with E-state index in [4.69, 9.17) is 14.2 Å². The molecule has 1 fully saturated rings. The molecule has 3 aliphatic rings. The lowest BCUT2D eigenvalue weighted by Crippen LogP contribution is -2.37. The van der Waals surface area contributed by atoms with E-state index >= 15 is 0 Å². The van der Waals surface area contributed by atoms with E-state index in [0.717, 1.165) is 67.4 Å². The Kier molecular flexibility index (Phi) is 4.96. The van der Waals surface area contributed by atoms with Crippen molar-refractivity contribution in [1.82, 2.24) is 4.90 Å². The zero-order chi connectivity index (χ0) is 19.6. The van der Waals surface area contributed by atoms with Gasteiger partial charge in [-0.25, -0.2) is 0 Å². The summed E-state index contributed by atoms with van der Waals surface area (Å²) in [5, 5.41) is 2.91. The van der Waals surface area contributed by atoms with E-state index in [9.17, 15) is 4.79 Å². The highest BCUT2D eigenvalue weighted by molar-refractivity contribution is 6.36. The van der Waals surface area contributed by atoms with Crippen molar-refractivity contribution in [2.45, 2.75) is 13.0 Å². The number of hydrogen-bond acceptors (Lipinski definition) is 5. The second kappa shape index (κ2) is 7.89. The van der Waals surface area contributed by atoms with Crippen molar-refractivity contribution < 1.29 is 19.0 Å². The lowest BCUT2D eigenvalue weighted by molar-refractivity contribution is -0.110. The number of anilines is 1. The number of carbonyl (C=O) groups is 1. The second-order valence-corrected chi connectivity index (χ2v) is 7.47. The van der Waals surface area contributed by atoms with Gasteiger partial charge in [-0.2, -0.15) is 0 Å². The van der Waals surface area contributed by atoms with E-state index in [1.807, 2.05) is 42.5 Å². The Labute approximate surface area is 170 Å². The third kappa shape index (κ3) is 3.61. The van der Waals surface area contributed by atoms with Crippen molar-refractivity contribution >= 4 is 22.9 Å². The number of carbonyl (C=O) groups excluding carboxylic acids is 1. The normalized spacial score (nSPS) is 20.8. The number of ether oxygens (including phenoxy) is 3. The quantitative estimate of drug-likeness (QED) is 0.626. The molecular formula is C23H24N2O4. The summed E-state index contributed by atoms with van der Waals surface area (Å²) in [6.45, 7) is 5.82. The number of nitrogens with zero attached hydrogens (tertiary/aromatic N) is 1. The van der Waals surface area contributed by atoms with Crippen LogP contribution in [0.1, 0.15) is 23.1 Å².